The smallest absolute Gasteiger partial charge is 0.297 e. The van der Waals surface area contributed by atoms with Crippen LogP contribution in [0.1, 0.15) is 21.6 Å². The lowest BCUT2D eigenvalue weighted by molar-refractivity contribution is 0.0946. The molecule has 0 spiro atoms. The highest BCUT2D eigenvalue weighted by atomic mass is 35.5. The molecule has 0 saturated heterocycles. The zero-order valence-electron chi connectivity index (χ0n) is 14.8. The number of hydrogen-bond acceptors (Lipinski definition) is 8. The van der Waals surface area contributed by atoms with Crippen LogP contribution in [0.2, 0.25) is 5.02 Å². The number of aromatic nitrogens is 2. The van der Waals surface area contributed by atoms with E-state index in [0.717, 1.165) is 5.56 Å². The van der Waals surface area contributed by atoms with Crippen LogP contribution in [0.5, 0.6) is 11.5 Å². The Kier molecular flexibility index (Phi) is 6.07. The fourth-order valence-electron chi connectivity index (χ4n) is 2.20. The minimum atomic E-state index is -0.634. The van der Waals surface area contributed by atoms with Crippen molar-refractivity contribution in [1.82, 2.24) is 15.7 Å². The molecule has 1 amide bonds. The minimum absolute atomic E-state index is 0.114. The summed E-state index contributed by atoms with van der Waals surface area (Å²) in [6.07, 6.45) is 1.44. The van der Waals surface area contributed by atoms with E-state index in [4.69, 9.17) is 26.8 Å². The highest BCUT2D eigenvalue weighted by Gasteiger charge is 2.15. The molecule has 9 nitrogen and oxygen atoms in total. The normalized spacial score (nSPS) is 10.8. The molecule has 0 fully saturated rings. The molecule has 144 valence electrons. The molecule has 0 radical (unpaired) electrons. The summed E-state index contributed by atoms with van der Waals surface area (Å²) in [5.74, 6) is 0.343. The third-order valence-electron chi connectivity index (χ3n) is 3.60. The largest absolute Gasteiger partial charge is 0.493 e. The molecule has 0 aliphatic heterocycles. The molecule has 3 N–H and O–H groups in total. The predicted molar refractivity (Wildman–Crippen MR) is 103 cm³/mol. The SMILES string of the molecule is COc1cc(/C=N/NC(=O)c2nonc2N)ccc1OCc1ccc(Cl)cc1. The van der Waals surface area contributed by atoms with Gasteiger partial charge >= 0.3 is 0 Å². The van der Waals surface area contributed by atoms with Crippen molar-refractivity contribution in [3.8, 4) is 11.5 Å². The number of hydrazone groups is 1. The van der Waals surface area contributed by atoms with Crippen molar-refractivity contribution in [2.24, 2.45) is 5.10 Å². The number of carbonyl (C=O) groups is 1. The van der Waals surface area contributed by atoms with Crippen molar-refractivity contribution >= 4 is 29.5 Å². The summed E-state index contributed by atoms with van der Waals surface area (Å²) in [7, 11) is 1.54. The van der Waals surface area contributed by atoms with Gasteiger partial charge in [0.05, 0.1) is 13.3 Å². The van der Waals surface area contributed by atoms with E-state index in [0.29, 0.717) is 28.7 Å². The van der Waals surface area contributed by atoms with Gasteiger partial charge in [0.25, 0.3) is 5.91 Å². The average Bonchev–Trinajstić information content (AvgIpc) is 3.14. The number of carbonyl (C=O) groups excluding carboxylic acids is 1. The molecule has 0 atom stereocenters. The Labute approximate surface area is 165 Å². The van der Waals surface area contributed by atoms with Crippen LogP contribution >= 0.6 is 11.6 Å². The lowest BCUT2D eigenvalue weighted by Crippen LogP contribution is -2.19. The summed E-state index contributed by atoms with van der Waals surface area (Å²) in [4.78, 5) is 11.8. The number of nitrogen functional groups attached to an aromatic ring is 1. The summed E-state index contributed by atoms with van der Waals surface area (Å²) in [6.45, 7) is 0.365. The first-order valence-corrected chi connectivity index (χ1v) is 8.41. The second kappa shape index (κ2) is 8.87. The van der Waals surface area contributed by atoms with E-state index >= 15 is 0 Å². The maximum Gasteiger partial charge on any atom is 0.297 e. The summed E-state index contributed by atoms with van der Waals surface area (Å²) >= 11 is 5.87. The van der Waals surface area contributed by atoms with Crippen LogP contribution in [-0.2, 0) is 6.61 Å². The molecular formula is C18H16ClN5O4. The third-order valence-corrected chi connectivity index (χ3v) is 3.86. The van der Waals surface area contributed by atoms with Gasteiger partial charge in [-0.15, -0.1) is 0 Å². The van der Waals surface area contributed by atoms with Gasteiger partial charge in [-0.2, -0.15) is 5.10 Å². The van der Waals surface area contributed by atoms with Crippen molar-refractivity contribution < 1.29 is 18.9 Å². The van der Waals surface area contributed by atoms with E-state index in [1.165, 1.54) is 13.3 Å². The summed E-state index contributed by atoms with van der Waals surface area (Å²) < 4.78 is 15.5. The number of amides is 1. The van der Waals surface area contributed by atoms with Crippen LogP contribution in [0, 0.1) is 0 Å². The van der Waals surface area contributed by atoms with Crippen LogP contribution in [0.25, 0.3) is 0 Å². The third kappa shape index (κ3) is 4.77. The van der Waals surface area contributed by atoms with Gasteiger partial charge in [-0.25, -0.2) is 10.1 Å². The second-order valence-corrected chi connectivity index (χ2v) is 5.96. The Morgan fingerprint density at radius 1 is 1.25 bits per heavy atom. The highest BCUT2D eigenvalue weighted by Crippen LogP contribution is 2.28. The number of benzene rings is 2. The molecule has 0 unspecified atom stereocenters. The van der Waals surface area contributed by atoms with E-state index in [1.54, 1.807) is 30.3 Å². The molecule has 3 aromatic rings. The van der Waals surface area contributed by atoms with Gasteiger partial charge in [-0.05, 0) is 51.8 Å². The van der Waals surface area contributed by atoms with Crippen LogP contribution in [0.15, 0.2) is 52.2 Å². The predicted octanol–water partition coefficient (Wildman–Crippen LogP) is 2.66. The van der Waals surface area contributed by atoms with E-state index in [1.807, 2.05) is 12.1 Å². The first-order chi connectivity index (χ1) is 13.6. The quantitative estimate of drug-likeness (QED) is 0.460. The first kappa shape index (κ1) is 19.2. The number of hydrogen-bond donors (Lipinski definition) is 2. The molecule has 0 aliphatic carbocycles. The maximum atomic E-state index is 11.8. The van der Waals surface area contributed by atoms with E-state index in [9.17, 15) is 4.79 Å². The van der Waals surface area contributed by atoms with Crippen molar-refractivity contribution in [3.63, 3.8) is 0 Å². The molecule has 3 rings (SSSR count). The maximum absolute atomic E-state index is 11.8. The Balaban J connectivity index is 1.62. The second-order valence-electron chi connectivity index (χ2n) is 5.52. The van der Waals surface area contributed by atoms with E-state index in [2.05, 4.69) is 25.5 Å². The number of halogens is 1. The number of nitrogens with two attached hydrogens (primary N) is 1. The van der Waals surface area contributed by atoms with Gasteiger partial charge in [0.15, 0.2) is 11.5 Å². The molecule has 0 aliphatic rings. The minimum Gasteiger partial charge on any atom is -0.493 e. The fourth-order valence-corrected chi connectivity index (χ4v) is 2.32. The molecule has 28 heavy (non-hydrogen) atoms. The Bertz CT molecular complexity index is 988. The molecule has 1 heterocycles. The first-order valence-electron chi connectivity index (χ1n) is 8.03. The van der Waals surface area contributed by atoms with Crippen LogP contribution in [-0.4, -0.2) is 29.5 Å². The number of methoxy groups -OCH3 is 1. The molecular weight excluding hydrogens is 386 g/mol. The molecule has 2 aromatic carbocycles. The van der Waals surface area contributed by atoms with Crippen molar-refractivity contribution in [3.05, 3.63) is 64.3 Å². The van der Waals surface area contributed by atoms with Crippen LogP contribution in [0.4, 0.5) is 5.82 Å². The van der Waals surface area contributed by atoms with Gasteiger partial charge in [-0.3, -0.25) is 4.79 Å². The summed E-state index contributed by atoms with van der Waals surface area (Å²) in [6, 6.07) is 12.6. The standard InChI is InChI=1S/C18H16ClN5O4/c1-26-15-8-12(9-21-22-18(25)16-17(20)24-28-23-16)4-7-14(15)27-10-11-2-5-13(19)6-3-11/h2-9H,10H2,1H3,(H2,20,24)(H,22,25)/b21-9+. The van der Waals surface area contributed by atoms with Crippen LogP contribution < -0.4 is 20.6 Å². The number of rotatable bonds is 7. The molecule has 0 saturated carbocycles. The Morgan fingerprint density at radius 3 is 2.71 bits per heavy atom. The number of nitrogens with one attached hydrogen (secondary N) is 1. The molecule has 0 bridgehead atoms. The summed E-state index contributed by atoms with van der Waals surface area (Å²) in [5.41, 5.74) is 9.24. The van der Waals surface area contributed by atoms with E-state index in [-0.39, 0.29) is 11.5 Å². The molecule has 10 heteroatoms. The number of nitrogens with zero attached hydrogens (tertiary/aromatic N) is 3. The summed E-state index contributed by atoms with van der Waals surface area (Å²) in [5, 5.41) is 11.2. The van der Waals surface area contributed by atoms with Crippen molar-refractivity contribution in [1.29, 1.82) is 0 Å². The van der Waals surface area contributed by atoms with Gasteiger partial charge < -0.3 is 15.2 Å². The average molecular weight is 402 g/mol. The van der Waals surface area contributed by atoms with Gasteiger partial charge in [-0.1, -0.05) is 23.7 Å². The van der Waals surface area contributed by atoms with Gasteiger partial charge in [0.2, 0.25) is 11.5 Å². The lowest BCUT2D eigenvalue weighted by atomic mass is 10.2. The molecule has 1 aromatic heterocycles. The number of ether oxygens (including phenoxy) is 2. The van der Waals surface area contributed by atoms with Gasteiger partial charge in [0.1, 0.15) is 6.61 Å². The van der Waals surface area contributed by atoms with Crippen molar-refractivity contribution in [2.75, 3.05) is 12.8 Å². The zero-order valence-corrected chi connectivity index (χ0v) is 15.5. The van der Waals surface area contributed by atoms with Gasteiger partial charge in [0, 0.05) is 5.02 Å². The van der Waals surface area contributed by atoms with Crippen molar-refractivity contribution in [2.45, 2.75) is 6.61 Å². The lowest BCUT2D eigenvalue weighted by Gasteiger charge is -2.11. The topological polar surface area (TPSA) is 125 Å². The Morgan fingerprint density at radius 2 is 2.04 bits per heavy atom. The Hall–Kier alpha value is -3.59. The monoisotopic (exact) mass is 401 g/mol. The highest BCUT2D eigenvalue weighted by molar-refractivity contribution is 6.30. The zero-order chi connectivity index (χ0) is 19.9. The van der Waals surface area contributed by atoms with Crippen LogP contribution in [0.3, 0.4) is 0 Å². The number of anilines is 1. The fraction of sp³-hybridized carbons (Fsp3) is 0.111. The van der Waals surface area contributed by atoms with E-state index < -0.39 is 5.91 Å².